The highest BCUT2D eigenvalue weighted by Gasteiger charge is 2.06. The molecule has 0 unspecified atom stereocenters. The fourth-order valence-electron chi connectivity index (χ4n) is 1.53. The number of aromatic amines is 1. The maximum Gasteiger partial charge on any atom is 0.253 e. The smallest absolute Gasteiger partial charge is 0.253 e. The normalized spacial score (nSPS) is 10.1. The van der Waals surface area contributed by atoms with Crippen molar-refractivity contribution < 1.29 is 0 Å². The van der Waals surface area contributed by atoms with Crippen molar-refractivity contribution in [2.24, 2.45) is 7.05 Å². The predicted octanol–water partition coefficient (Wildman–Crippen LogP) is 0.955. The van der Waals surface area contributed by atoms with Crippen molar-refractivity contribution in [1.82, 2.24) is 14.5 Å². The third-order valence-corrected chi connectivity index (χ3v) is 2.33. The Morgan fingerprint density at radius 3 is 2.88 bits per heavy atom. The third-order valence-electron chi connectivity index (χ3n) is 2.33. The number of nitrogens with zero attached hydrogens (tertiary/aromatic N) is 3. The highest BCUT2D eigenvalue weighted by Crippen LogP contribution is 2.14. The Hall–Kier alpha value is -2.35. The summed E-state index contributed by atoms with van der Waals surface area (Å²) in [6.07, 6.45) is 3.23. The van der Waals surface area contributed by atoms with Gasteiger partial charge in [0.25, 0.3) is 5.56 Å². The van der Waals surface area contributed by atoms with Crippen LogP contribution >= 0.6 is 0 Å². The van der Waals surface area contributed by atoms with E-state index >= 15 is 0 Å². The molecule has 0 saturated carbocycles. The van der Waals surface area contributed by atoms with Gasteiger partial charge < -0.3 is 9.55 Å². The van der Waals surface area contributed by atoms with Crippen molar-refractivity contribution in [3.05, 3.63) is 40.1 Å². The van der Waals surface area contributed by atoms with Crippen LogP contribution in [0.2, 0.25) is 0 Å². The summed E-state index contributed by atoms with van der Waals surface area (Å²) in [5.41, 5.74) is 1.74. The van der Waals surface area contributed by atoms with Gasteiger partial charge in [0, 0.05) is 30.6 Å². The molecule has 0 aliphatic heterocycles. The minimum atomic E-state index is -0.0317. The number of rotatable bonds is 1. The van der Waals surface area contributed by atoms with E-state index in [1.54, 1.807) is 26.2 Å². The molecule has 0 atom stereocenters. The van der Waals surface area contributed by atoms with E-state index in [0.29, 0.717) is 17.1 Å². The van der Waals surface area contributed by atoms with Crippen LogP contribution in [0.4, 0.5) is 0 Å². The van der Waals surface area contributed by atoms with E-state index in [9.17, 15) is 4.79 Å². The van der Waals surface area contributed by atoms with Crippen LogP contribution in [0.1, 0.15) is 11.3 Å². The molecule has 16 heavy (non-hydrogen) atoms. The SMILES string of the molecule is Cc1cc(-c2nc(C#N)c[nH]2)cn(C)c1=O. The number of aryl methyl sites for hydroxylation is 2. The summed E-state index contributed by atoms with van der Waals surface area (Å²) in [6, 6.07) is 3.70. The van der Waals surface area contributed by atoms with Gasteiger partial charge in [-0.05, 0) is 13.0 Å². The lowest BCUT2D eigenvalue weighted by molar-refractivity contribution is 0.849. The van der Waals surface area contributed by atoms with E-state index in [0.717, 1.165) is 5.56 Å². The van der Waals surface area contributed by atoms with Crippen molar-refractivity contribution in [3.63, 3.8) is 0 Å². The Balaban J connectivity index is 2.57. The number of pyridine rings is 1. The molecule has 0 spiro atoms. The second kappa shape index (κ2) is 3.66. The second-order valence-corrected chi connectivity index (χ2v) is 3.57. The highest BCUT2D eigenvalue weighted by atomic mass is 16.1. The maximum atomic E-state index is 11.5. The second-order valence-electron chi connectivity index (χ2n) is 3.57. The highest BCUT2D eigenvalue weighted by molar-refractivity contribution is 5.55. The molecule has 0 radical (unpaired) electrons. The molecular formula is C11H10N4O. The molecule has 0 aliphatic carbocycles. The Labute approximate surface area is 92.0 Å². The van der Waals surface area contributed by atoms with E-state index in [4.69, 9.17) is 5.26 Å². The first-order valence-electron chi connectivity index (χ1n) is 4.75. The molecule has 0 amide bonds. The van der Waals surface area contributed by atoms with E-state index in [1.807, 2.05) is 6.07 Å². The molecule has 2 heterocycles. The molecule has 2 aromatic heterocycles. The van der Waals surface area contributed by atoms with Gasteiger partial charge in [0.15, 0.2) is 5.69 Å². The van der Waals surface area contributed by atoms with Crippen LogP contribution in [0.3, 0.4) is 0 Å². The molecule has 1 N–H and O–H groups in total. The molecule has 0 aliphatic rings. The minimum absolute atomic E-state index is 0.0317. The molecule has 2 aromatic rings. The summed E-state index contributed by atoms with van der Waals surface area (Å²) in [5, 5.41) is 8.66. The van der Waals surface area contributed by atoms with Crippen LogP contribution in [0, 0.1) is 18.3 Å². The van der Waals surface area contributed by atoms with Gasteiger partial charge in [-0.1, -0.05) is 0 Å². The molecule has 5 nitrogen and oxygen atoms in total. The molecule has 5 heteroatoms. The van der Waals surface area contributed by atoms with Gasteiger partial charge in [-0.3, -0.25) is 4.79 Å². The molecule has 0 aromatic carbocycles. The Kier molecular flexibility index (Phi) is 2.33. The van der Waals surface area contributed by atoms with Gasteiger partial charge in [-0.25, -0.2) is 4.98 Å². The lowest BCUT2D eigenvalue weighted by atomic mass is 10.2. The Bertz CT molecular complexity index is 604. The topological polar surface area (TPSA) is 74.5 Å². The monoisotopic (exact) mass is 214 g/mol. The van der Waals surface area contributed by atoms with Gasteiger partial charge >= 0.3 is 0 Å². The molecular weight excluding hydrogens is 204 g/mol. The van der Waals surface area contributed by atoms with E-state index in [2.05, 4.69) is 9.97 Å². The first kappa shape index (κ1) is 10.2. The van der Waals surface area contributed by atoms with Crippen molar-refractivity contribution >= 4 is 0 Å². The number of nitriles is 1. The van der Waals surface area contributed by atoms with E-state index < -0.39 is 0 Å². The van der Waals surface area contributed by atoms with Crippen LogP contribution in [-0.2, 0) is 7.05 Å². The molecule has 80 valence electrons. The first-order valence-corrected chi connectivity index (χ1v) is 4.75. The van der Waals surface area contributed by atoms with Crippen molar-refractivity contribution in [2.75, 3.05) is 0 Å². The summed E-state index contributed by atoms with van der Waals surface area (Å²) in [4.78, 5) is 18.5. The molecule has 0 saturated heterocycles. The molecule has 0 fully saturated rings. The number of aromatic nitrogens is 3. The summed E-state index contributed by atoms with van der Waals surface area (Å²) in [5.74, 6) is 0.593. The van der Waals surface area contributed by atoms with Gasteiger partial charge in [0.1, 0.15) is 11.9 Å². The minimum Gasteiger partial charge on any atom is -0.343 e. The number of nitrogens with one attached hydrogen (secondary N) is 1. The lowest BCUT2D eigenvalue weighted by Gasteiger charge is -2.02. The fourth-order valence-corrected chi connectivity index (χ4v) is 1.53. The summed E-state index contributed by atoms with van der Waals surface area (Å²) < 4.78 is 1.50. The standard InChI is InChI=1S/C11H10N4O/c1-7-3-8(6-15(2)11(7)16)10-13-5-9(4-12)14-10/h3,5-6H,1-2H3,(H,13,14). The van der Waals surface area contributed by atoms with Crippen molar-refractivity contribution in [2.45, 2.75) is 6.92 Å². The Morgan fingerprint density at radius 2 is 2.31 bits per heavy atom. The summed E-state index contributed by atoms with van der Waals surface area (Å²) in [7, 11) is 1.69. The van der Waals surface area contributed by atoms with Gasteiger partial charge in [-0.2, -0.15) is 5.26 Å². The van der Waals surface area contributed by atoms with Crippen molar-refractivity contribution in [3.8, 4) is 17.5 Å². The van der Waals surface area contributed by atoms with Gasteiger partial charge in [0.05, 0.1) is 0 Å². The first-order chi connectivity index (χ1) is 7.61. The quantitative estimate of drug-likeness (QED) is 0.768. The molecule has 0 bridgehead atoms. The van der Waals surface area contributed by atoms with Crippen LogP contribution in [0.5, 0.6) is 0 Å². The lowest BCUT2D eigenvalue weighted by Crippen LogP contribution is -2.18. The number of imidazole rings is 1. The zero-order valence-corrected chi connectivity index (χ0v) is 8.98. The summed E-state index contributed by atoms with van der Waals surface area (Å²) in [6.45, 7) is 1.75. The number of H-pyrrole nitrogens is 1. The average Bonchev–Trinajstić information content (AvgIpc) is 2.73. The summed E-state index contributed by atoms with van der Waals surface area (Å²) >= 11 is 0. The third kappa shape index (κ3) is 1.61. The van der Waals surface area contributed by atoms with Crippen LogP contribution in [0.15, 0.2) is 23.3 Å². The number of hydrogen-bond acceptors (Lipinski definition) is 3. The van der Waals surface area contributed by atoms with E-state index in [-0.39, 0.29) is 5.56 Å². The van der Waals surface area contributed by atoms with Crippen LogP contribution in [0.25, 0.3) is 11.4 Å². The average molecular weight is 214 g/mol. The maximum absolute atomic E-state index is 11.5. The Morgan fingerprint density at radius 1 is 1.56 bits per heavy atom. The van der Waals surface area contributed by atoms with Crippen molar-refractivity contribution in [1.29, 1.82) is 5.26 Å². The fraction of sp³-hybridized carbons (Fsp3) is 0.182. The predicted molar refractivity (Wildman–Crippen MR) is 58.7 cm³/mol. The van der Waals surface area contributed by atoms with Gasteiger partial charge in [0.2, 0.25) is 0 Å². The van der Waals surface area contributed by atoms with Gasteiger partial charge in [-0.15, -0.1) is 0 Å². The van der Waals surface area contributed by atoms with E-state index in [1.165, 1.54) is 10.8 Å². The molecule has 2 rings (SSSR count). The van der Waals surface area contributed by atoms with Crippen LogP contribution < -0.4 is 5.56 Å². The zero-order chi connectivity index (χ0) is 11.7. The van der Waals surface area contributed by atoms with Crippen LogP contribution in [-0.4, -0.2) is 14.5 Å². The zero-order valence-electron chi connectivity index (χ0n) is 8.98. The largest absolute Gasteiger partial charge is 0.343 e. The number of hydrogen-bond donors (Lipinski definition) is 1.